The first-order valence-corrected chi connectivity index (χ1v) is 11.5. The number of fused-ring (bicyclic) bond motifs is 1. The molecule has 2 unspecified atom stereocenters. The molecule has 1 N–H and O–H groups in total. The first kappa shape index (κ1) is 22.9. The van der Waals surface area contributed by atoms with Crippen molar-refractivity contribution in [1.82, 2.24) is 0 Å². The van der Waals surface area contributed by atoms with Crippen molar-refractivity contribution in [1.29, 1.82) is 5.41 Å². The molecule has 6 heteroatoms. The van der Waals surface area contributed by atoms with Crippen LogP contribution >= 0.6 is 15.9 Å². The molecule has 1 aliphatic rings. The summed E-state index contributed by atoms with van der Waals surface area (Å²) in [7, 11) is 0. The lowest BCUT2D eigenvalue weighted by molar-refractivity contribution is -0.158. The number of esters is 1. The predicted octanol–water partition coefficient (Wildman–Crippen LogP) is 6.09. The zero-order valence-electron chi connectivity index (χ0n) is 18.7. The van der Waals surface area contributed by atoms with Gasteiger partial charge in [0.15, 0.2) is 12.1 Å². The van der Waals surface area contributed by atoms with E-state index in [4.69, 9.17) is 19.9 Å². The number of carbonyl (C=O) groups excluding carboxylic acids is 1. The SMILES string of the molecule is CC(C)(C)OC(=O)C(N=C(c1ccccc1)c1ccccc1)C1OC(=N)c2cc(Br)ccc21. The van der Waals surface area contributed by atoms with Crippen molar-refractivity contribution in [2.75, 3.05) is 0 Å². The number of carbonyl (C=O) groups is 1. The number of ether oxygens (including phenoxy) is 2. The molecular weight excluding hydrogens is 480 g/mol. The Morgan fingerprint density at radius 1 is 1.00 bits per heavy atom. The second-order valence-corrected chi connectivity index (χ2v) is 9.70. The summed E-state index contributed by atoms with van der Waals surface area (Å²) in [6, 6.07) is 24.0. The second-order valence-electron chi connectivity index (χ2n) is 8.79. The molecule has 0 aliphatic carbocycles. The minimum Gasteiger partial charge on any atom is -0.466 e. The molecule has 0 saturated heterocycles. The number of nitrogens with zero attached hydrogens (tertiary/aromatic N) is 1. The Bertz CT molecular complexity index is 1160. The van der Waals surface area contributed by atoms with Crippen molar-refractivity contribution in [3.63, 3.8) is 0 Å². The highest BCUT2D eigenvalue weighted by molar-refractivity contribution is 9.10. The number of nitrogens with one attached hydrogen (secondary N) is 1. The zero-order chi connectivity index (χ0) is 23.6. The summed E-state index contributed by atoms with van der Waals surface area (Å²) < 4.78 is 12.5. The molecule has 5 nitrogen and oxygen atoms in total. The molecule has 4 rings (SSSR count). The number of hydrogen-bond acceptors (Lipinski definition) is 5. The van der Waals surface area contributed by atoms with Crippen LogP contribution < -0.4 is 0 Å². The van der Waals surface area contributed by atoms with Crippen LogP contribution in [0.2, 0.25) is 0 Å². The van der Waals surface area contributed by atoms with Crippen LogP contribution in [0.3, 0.4) is 0 Å². The van der Waals surface area contributed by atoms with Crippen molar-refractivity contribution in [3.8, 4) is 0 Å². The van der Waals surface area contributed by atoms with Gasteiger partial charge in [0.05, 0.1) is 5.71 Å². The molecule has 0 aromatic heterocycles. The summed E-state index contributed by atoms with van der Waals surface area (Å²) in [4.78, 5) is 18.4. The first-order chi connectivity index (χ1) is 15.7. The van der Waals surface area contributed by atoms with Crippen LogP contribution in [0, 0.1) is 5.41 Å². The van der Waals surface area contributed by atoms with E-state index in [1.807, 2.05) is 99.6 Å². The van der Waals surface area contributed by atoms with Gasteiger partial charge >= 0.3 is 5.97 Å². The Hall–Kier alpha value is -3.25. The van der Waals surface area contributed by atoms with Crippen LogP contribution in [0.25, 0.3) is 0 Å². The maximum absolute atomic E-state index is 13.4. The number of hydrogen-bond donors (Lipinski definition) is 1. The van der Waals surface area contributed by atoms with Crippen LogP contribution in [0.1, 0.15) is 49.1 Å². The topological polar surface area (TPSA) is 71.7 Å². The van der Waals surface area contributed by atoms with Gasteiger partial charge in [-0.3, -0.25) is 10.4 Å². The number of aliphatic imine (C=N–C) groups is 1. The Kier molecular flexibility index (Phi) is 6.47. The second kappa shape index (κ2) is 9.32. The average molecular weight is 505 g/mol. The van der Waals surface area contributed by atoms with Crippen molar-refractivity contribution >= 4 is 33.5 Å². The predicted molar refractivity (Wildman–Crippen MR) is 133 cm³/mol. The summed E-state index contributed by atoms with van der Waals surface area (Å²) in [5.74, 6) is -0.485. The van der Waals surface area contributed by atoms with Gasteiger partial charge in [-0.1, -0.05) is 82.7 Å². The Balaban J connectivity index is 1.87. The minimum absolute atomic E-state index is 0.0148. The summed E-state index contributed by atoms with van der Waals surface area (Å²) in [5, 5.41) is 8.34. The maximum atomic E-state index is 13.4. The smallest absolute Gasteiger partial charge is 0.335 e. The van der Waals surface area contributed by atoms with Gasteiger partial charge < -0.3 is 9.47 Å². The molecular formula is C27H25BrN2O3. The molecule has 1 aliphatic heterocycles. The molecule has 0 amide bonds. The molecule has 0 radical (unpaired) electrons. The lowest BCUT2D eigenvalue weighted by Gasteiger charge is -2.26. The third-order valence-corrected chi connectivity index (χ3v) is 5.60. The van der Waals surface area contributed by atoms with E-state index in [-0.39, 0.29) is 5.90 Å². The molecule has 1 heterocycles. The van der Waals surface area contributed by atoms with Gasteiger partial charge in [-0.15, -0.1) is 0 Å². The highest BCUT2D eigenvalue weighted by Crippen LogP contribution is 2.37. The van der Waals surface area contributed by atoms with Gasteiger partial charge in [0.25, 0.3) is 0 Å². The molecule has 0 spiro atoms. The molecule has 3 aromatic carbocycles. The Morgan fingerprint density at radius 3 is 2.12 bits per heavy atom. The van der Waals surface area contributed by atoms with Crippen LogP contribution in [0.4, 0.5) is 0 Å². The van der Waals surface area contributed by atoms with E-state index >= 15 is 0 Å². The van der Waals surface area contributed by atoms with Crippen LogP contribution in [-0.4, -0.2) is 29.2 Å². The summed E-state index contributed by atoms with van der Waals surface area (Å²) in [5.41, 5.74) is 3.09. The lowest BCUT2D eigenvalue weighted by atomic mass is 9.97. The van der Waals surface area contributed by atoms with Crippen molar-refractivity contribution in [2.24, 2.45) is 4.99 Å². The fourth-order valence-corrected chi connectivity index (χ4v) is 4.08. The van der Waals surface area contributed by atoms with Crippen molar-refractivity contribution in [2.45, 2.75) is 38.5 Å². The van der Waals surface area contributed by atoms with E-state index in [1.54, 1.807) is 0 Å². The van der Waals surface area contributed by atoms with Gasteiger partial charge in [0.2, 0.25) is 5.90 Å². The van der Waals surface area contributed by atoms with Crippen LogP contribution in [-0.2, 0) is 14.3 Å². The molecule has 0 fully saturated rings. The maximum Gasteiger partial charge on any atom is 0.335 e. The molecule has 33 heavy (non-hydrogen) atoms. The van der Waals surface area contributed by atoms with E-state index in [0.29, 0.717) is 11.3 Å². The Morgan fingerprint density at radius 2 is 1.58 bits per heavy atom. The third kappa shape index (κ3) is 5.22. The van der Waals surface area contributed by atoms with E-state index in [2.05, 4.69) is 15.9 Å². The van der Waals surface area contributed by atoms with Crippen LogP contribution in [0.15, 0.2) is 88.3 Å². The lowest BCUT2D eigenvalue weighted by Crippen LogP contribution is -2.35. The third-order valence-electron chi connectivity index (χ3n) is 5.11. The van der Waals surface area contributed by atoms with Crippen LogP contribution in [0.5, 0.6) is 0 Å². The largest absolute Gasteiger partial charge is 0.466 e. The number of halogens is 1. The molecule has 0 saturated carbocycles. The van der Waals surface area contributed by atoms with E-state index in [0.717, 1.165) is 21.2 Å². The standard InChI is InChI=1S/C27H25BrN2O3/c1-27(2,3)33-26(31)23(24-20-15-14-19(28)16-21(20)25(29)32-24)30-22(17-10-6-4-7-11-17)18-12-8-5-9-13-18/h4-16,23-24,29H,1-3H3. The average Bonchev–Trinajstić information content (AvgIpc) is 3.10. The quantitative estimate of drug-likeness (QED) is 0.337. The van der Waals surface area contributed by atoms with Crippen molar-refractivity contribution < 1.29 is 14.3 Å². The zero-order valence-corrected chi connectivity index (χ0v) is 20.3. The summed E-state index contributed by atoms with van der Waals surface area (Å²) >= 11 is 3.45. The molecule has 3 aromatic rings. The molecule has 168 valence electrons. The summed E-state index contributed by atoms with van der Waals surface area (Å²) in [6.45, 7) is 5.47. The first-order valence-electron chi connectivity index (χ1n) is 10.7. The van der Waals surface area contributed by atoms with E-state index < -0.39 is 23.7 Å². The fourth-order valence-electron chi connectivity index (χ4n) is 3.71. The van der Waals surface area contributed by atoms with Gasteiger partial charge in [0.1, 0.15) is 5.60 Å². The highest BCUT2D eigenvalue weighted by atomic mass is 79.9. The van der Waals surface area contributed by atoms with Gasteiger partial charge in [-0.05, 0) is 32.9 Å². The van der Waals surface area contributed by atoms with Gasteiger partial charge in [0, 0.05) is 26.7 Å². The monoisotopic (exact) mass is 504 g/mol. The van der Waals surface area contributed by atoms with Crippen molar-refractivity contribution in [3.05, 3.63) is 106 Å². The summed E-state index contributed by atoms with van der Waals surface area (Å²) in [6.07, 6.45) is -0.766. The highest BCUT2D eigenvalue weighted by Gasteiger charge is 2.41. The Labute approximate surface area is 202 Å². The fraction of sp³-hybridized carbons (Fsp3) is 0.222. The minimum atomic E-state index is -0.998. The van der Waals surface area contributed by atoms with Gasteiger partial charge in [-0.25, -0.2) is 4.79 Å². The normalized spacial score (nSPS) is 15.9. The van der Waals surface area contributed by atoms with E-state index in [9.17, 15) is 4.79 Å². The molecule has 0 bridgehead atoms. The number of rotatable bonds is 5. The number of benzene rings is 3. The van der Waals surface area contributed by atoms with Gasteiger partial charge in [-0.2, -0.15) is 0 Å². The molecule has 2 atom stereocenters. The van der Waals surface area contributed by atoms with E-state index in [1.165, 1.54) is 0 Å².